The van der Waals surface area contributed by atoms with Gasteiger partial charge in [-0.2, -0.15) is 0 Å². The number of anilines is 1. The van der Waals surface area contributed by atoms with Gasteiger partial charge in [0.2, 0.25) is 0 Å². The van der Waals surface area contributed by atoms with Gasteiger partial charge < -0.3 is 9.84 Å². The van der Waals surface area contributed by atoms with Crippen LogP contribution in [0, 0.1) is 0 Å². The van der Waals surface area contributed by atoms with Crippen LogP contribution in [0.5, 0.6) is 5.75 Å². The third-order valence-electron chi connectivity index (χ3n) is 3.02. The van der Waals surface area contributed by atoms with Crippen LogP contribution in [0.1, 0.15) is 0 Å². The smallest absolute Gasteiger partial charge is 0.324 e. The van der Waals surface area contributed by atoms with E-state index in [9.17, 15) is 13.2 Å². The topological polar surface area (TPSA) is 83.9 Å². The molecule has 0 aliphatic heterocycles. The Morgan fingerprint density at radius 2 is 1.87 bits per heavy atom. The summed E-state index contributed by atoms with van der Waals surface area (Å²) >= 11 is 3.23. The average Bonchev–Trinajstić information content (AvgIpc) is 2.52. The summed E-state index contributed by atoms with van der Waals surface area (Å²) in [5, 5.41) is 9.08. The number of aliphatic carboxylic acids is 1. The molecule has 0 atom stereocenters. The van der Waals surface area contributed by atoms with E-state index in [1.165, 1.54) is 31.4 Å². The number of halogens is 1. The van der Waals surface area contributed by atoms with Gasteiger partial charge in [0.1, 0.15) is 12.3 Å². The molecular weight excluding hydrogens is 386 g/mol. The number of carboxylic acid groups (broad SMARTS) is 1. The van der Waals surface area contributed by atoms with Crippen LogP contribution in [-0.2, 0) is 14.8 Å². The molecule has 0 aromatic heterocycles. The summed E-state index contributed by atoms with van der Waals surface area (Å²) in [6.45, 7) is -0.689. The summed E-state index contributed by atoms with van der Waals surface area (Å²) in [5.74, 6) is -0.822. The van der Waals surface area contributed by atoms with Gasteiger partial charge in [0.25, 0.3) is 10.0 Å². The molecule has 0 aliphatic rings. The summed E-state index contributed by atoms with van der Waals surface area (Å²) in [7, 11) is -2.57. The molecule has 0 saturated heterocycles. The van der Waals surface area contributed by atoms with Crippen molar-refractivity contribution in [3.8, 4) is 5.75 Å². The maximum absolute atomic E-state index is 12.8. The Bertz CT molecular complexity index is 805. The van der Waals surface area contributed by atoms with E-state index in [1.54, 1.807) is 24.3 Å². The van der Waals surface area contributed by atoms with Crippen molar-refractivity contribution in [1.82, 2.24) is 0 Å². The van der Waals surface area contributed by atoms with Crippen LogP contribution in [-0.4, -0.2) is 33.1 Å². The number of benzene rings is 2. The molecule has 0 aliphatic carbocycles. The molecule has 0 radical (unpaired) electrons. The Morgan fingerprint density at radius 1 is 1.22 bits per heavy atom. The number of carboxylic acids is 1. The van der Waals surface area contributed by atoms with Crippen molar-refractivity contribution in [1.29, 1.82) is 0 Å². The van der Waals surface area contributed by atoms with Crippen molar-refractivity contribution in [2.24, 2.45) is 0 Å². The maximum atomic E-state index is 12.8. The van der Waals surface area contributed by atoms with E-state index in [-0.39, 0.29) is 10.6 Å². The Labute approximate surface area is 142 Å². The molecule has 0 unspecified atom stereocenters. The molecule has 0 saturated carbocycles. The monoisotopic (exact) mass is 399 g/mol. The number of nitrogens with zero attached hydrogens (tertiary/aromatic N) is 1. The van der Waals surface area contributed by atoms with Gasteiger partial charge in [0, 0.05) is 10.5 Å². The number of carbonyl (C=O) groups is 1. The molecule has 1 N–H and O–H groups in total. The van der Waals surface area contributed by atoms with Crippen molar-refractivity contribution in [2.45, 2.75) is 4.90 Å². The highest BCUT2D eigenvalue weighted by atomic mass is 79.9. The van der Waals surface area contributed by atoms with Gasteiger partial charge in [-0.3, -0.25) is 9.10 Å². The molecule has 0 bridgehead atoms. The number of hydrogen-bond acceptors (Lipinski definition) is 4. The fourth-order valence-corrected chi connectivity index (χ4v) is 3.61. The van der Waals surface area contributed by atoms with Crippen molar-refractivity contribution >= 4 is 37.6 Å². The fourth-order valence-electron chi connectivity index (χ4n) is 1.94. The van der Waals surface area contributed by atoms with Crippen molar-refractivity contribution in [2.75, 3.05) is 18.0 Å². The second kappa shape index (κ2) is 7.01. The van der Waals surface area contributed by atoms with Crippen LogP contribution in [0.25, 0.3) is 0 Å². The first kappa shape index (κ1) is 17.3. The third kappa shape index (κ3) is 4.02. The minimum Gasteiger partial charge on any atom is -0.497 e. The van der Waals surface area contributed by atoms with E-state index in [0.717, 1.165) is 8.78 Å². The average molecular weight is 400 g/mol. The lowest BCUT2D eigenvalue weighted by Crippen LogP contribution is -2.35. The van der Waals surface area contributed by atoms with Gasteiger partial charge in [-0.05, 0) is 36.4 Å². The predicted octanol–water partition coefficient (Wildman–Crippen LogP) is 2.74. The highest BCUT2D eigenvalue weighted by Gasteiger charge is 2.27. The second-order valence-electron chi connectivity index (χ2n) is 4.56. The second-order valence-corrected chi connectivity index (χ2v) is 7.34. The van der Waals surface area contributed by atoms with Crippen LogP contribution < -0.4 is 9.04 Å². The minimum absolute atomic E-state index is 0.00442. The summed E-state index contributed by atoms with van der Waals surface area (Å²) < 4.78 is 32.2. The predicted molar refractivity (Wildman–Crippen MR) is 89.3 cm³/mol. The van der Waals surface area contributed by atoms with Gasteiger partial charge in [0.15, 0.2) is 0 Å². The van der Waals surface area contributed by atoms with E-state index in [2.05, 4.69) is 15.9 Å². The number of hydrogen-bond donors (Lipinski definition) is 1. The van der Waals surface area contributed by atoms with Crippen molar-refractivity contribution in [3.63, 3.8) is 0 Å². The SMILES string of the molecule is COc1cccc(N(CC(=O)O)S(=O)(=O)c2ccc(Br)cc2)c1. The zero-order valence-corrected chi connectivity index (χ0v) is 14.5. The first-order valence-electron chi connectivity index (χ1n) is 6.49. The van der Waals surface area contributed by atoms with Crippen LogP contribution in [0.15, 0.2) is 57.9 Å². The zero-order valence-electron chi connectivity index (χ0n) is 12.1. The highest BCUT2D eigenvalue weighted by molar-refractivity contribution is 9.10. The molecule has 0 spiro atoms. The van der Waals surface area contributed by atoms with Gasteiger partial charge in [-0.25, -0.2) is 8.42 Å². The largest absolute Gasteiger partial charge is 0.497 e. The Balaban J connectivity index is 2.52. The van der Waals surface area contributed by atoms with Crippen LogP contribution in [0.3, 0.4) is 0 Å². The Morgan fingerprint density at radius 3 is 2.43 bits per heavy atom. The summed E-state index contributed by atoms with van der Waals surface area (Å²) in [6, 6.07) is 12.2. The molecule has 2 aromatic carbocycles. The molecule has 122 valence electrons. The first-order valence-corrected chi connectivity index (χ1v) is 8.72. The fraction of sp³-hybridized carbons (Fsp3) is 0.133. The van der Waals surface area contributed by atoms with Crippen LogP contribution >= 0.6 is 15.9 Å². The minimum atomic E-state index is -4.01. The Hall–Kier alpha value is -2.06. The highest BCUT2D eigenvalue weighted by Crippen LogP contribution is 2.27. The van der Waals surface area contributed by atoms with Crippen molar-refractivity contribution in [3.05, 3.63) is 53.0 Å². The van der Waals surface area contributed by atoms with E-state index < -0.39 is 22.5 Å². The normalized spacial score (nSPS) is 11.0. The summed E-state index contributed by atoms with van der Waals surface area (Å²) in [5.41, 5.74) is 0.217. The maximum Gasteiger partial charge on any atom is 0.324 e. The quantitative estimate of drug-likeness (QED) is 0.806. The number of sulfonamides is 1. The molecule has 8 heteroatoms. The van der Waals surface area contributed by atoms with Gasteiger partial charge in [0.05, 0.1) is 17.7 Å². The van der Waals surface area contributed by atoms with Crippen LogP contribution in [0.4, 0.5) is 5.69 Å². The lowest BCUT2D eigenvalue weighted by atomic mass is 10.3. The van der Waals surface area contributed by atoms with Crippen molar-refractivity contribution < 1.29 is 23.1 Å². The number of ether oxygens (including phenoxy) is 1. The van der Waals surface area contributed by atoms with Gasteiger partial charge >= 0.3 is 5.97 Å². The molecule has 23 heavy (non-hydrogen) atoms. The molecule has 6 nitrogen and oxygen atoms in total. The third-order valence-corrected chi connectivity index (χ3v) is 5.34. The zero-order chi connectivity index (χ0) is 17.0. The van der Waals surface area contributed by atoms with E-state index in [1.807, 2.05) is 0 Å². The first-order chi connectivity index (χ1) is 10.8. The lowest BCUT2D eigenvalue weighted by molar-refractivity contribution is -0.135. The molecule has 0 heterocycles. The van der Waals surface area contributed by atoms with E-state index >= 15 is 0 Å². The lowest BCUT2D eigenvalue weighted by Gasteiger charge is -2.23. The summed E-state index contributed by atoms with van der Waals surface area (Å²) in [4.78, 5) is 11.1. The molecule has 0 amide bonds. The van der Waals surface area contributed by atoms with Gasteiger partial charge in [-0.1, -0.05) is 22.0 Å². The van der Waals surface area contributed by atoms with E-state index in [0.29, 0.717) is 5.75 Å². The van der Waals surface area contributed by atoms with Crippen LogP contribution in [0.2, 0.25) is 0 Å². The molecule has 0 fully saturated rings. The number of methoxy groups -OCH3 is 1. The molecule has 2 rings (SSSR count). The van der Waals surface area contributed by atoms with Gasteiger partial charge in [-0.15, -0.1) is 0 Å². The standard InChI is InChI=1S/C15H14BrNO5S/c1-22-13-4-2-3-12(9-13)17(10-15(18)19)23(20,21)14-7-5-11(16)6-8-14/h2-9H,10H2,1H3,(H,18,19). The molecular formula is C15H14BrNO5S. The Kier molecular flexibility index (Phi) is 5.27. The van der Waals surface area contributed by atoms with E-state index in [4.69, 9.17) is 9.84 Å². The molecule has 2 aromatic rings. The summed E-state index contributed by atoms with van der Waals surface area (Å²) in [6.07, 6.45) is 0. The number of rotatable bonds is 6.